The number of carbonyl (C=O) groups is 1. The Morgan fingerprint density at radius 3 is 2.66 bits per heavy atom. The zero-order valence-corrected chi connectivity index (χ0v) is 15.7. The standard InChI is InChI=1S/C19H12ClF2N5O2/c1-9(28)10-2-3-11(12(21)4-10)5-14-18-24-7-16(20)27(18)8-15(25-14)17-23-6-13(22)19(29)26-17/h2-4,6-8H,5H2,1H3,(H,23,26,29). The Balaban J connectivity index is 1.83. The molecule has 0 aliphatic carbocycles. The van der Waals surface area contributed by atoms with E-state index < -0.39 is 17.5 Å². The number of aromatic nitrogens is 5. The van der Waals surface area contributed by atoms with Gasteiger partial charge in [0.15, 0.2) is 17.3 Å². The molecule has 4 rings (SSSR count). The topological polar surface area (TPSA) is 93.3 Å². The third-order valence-corrected chi connectivity index (χ3v) is 4.57. The summed E-state index contributed by atoms with van der Waals surface area (Å²) in [5, 5.41) is 9.79. The fourth-order valence-corrected chi connectivity index (χ4v) is 3.00. The van der Waals surface area contributed by atoms with Gasteiger partial charge in [-0.05, 0) is 18.6 Å². The van der Waals surface area contributed by atoms with Crippen LogP contribution in [0.5, 0.6) is 5.88 Å². The van der Waals surface area contributed by atoms with Crippen LogP contribution in [0.25, 0.3) is 17.2 Å². The number of hydrogen-bond acceptors (Lipinski definition) is 6. The second kappa shape index (κ2) is 7.17. The van der Waals surface area contributed by atoms with Crippen molar-refractivity contribution in [1.82, 2.24) is 24.3 Å². The van der Waals surface area contributed by atoms with Gasteiger partial charge in [-0.25, -0.2) is 19.3 Å². The molecule has 3 heterocycles. The Morgan fingerprint density at radius 1 is 1.17 bits per heavy atom. The number of nitrogens with zero attached hydrogens (tertiary/aromatic N) is 5. The molecule has 0 spiro atoms. The van der Waals surface area contributed by atoms with Crippen LogP contribution < -0.4 is 0 Å². The second-order valence-corrected chi connectivity index (χ2v) is 6.64. The summed E-state index contributed by atoms with van der Waals surface area (Å²) < 4.78 is 29.3. The van der Waals surface area contributed by atoms with E-state index in [1.54, 1.807) is 0 Å². The third kappa shape index (κ3) is 3.52. The molecule has 0 saturated heterocycles. The first kappa shape index (κ1) is 18.9. The number of hydrogen-bond donors (Lipinski definition) is 1. The molecule has 1 N–H and O–H groups in total. The van der Waals surface area contributed by atoms with Crippen LogP contribution in [0.15, 0.2) is 36.8 Å². The number of ketones is 1. The first-order valence-corrected chi connectivity index (χ1v) is 8.75. The van der Waals surface area contributed by atoms with Gasteiger partial charge in [0.05, 0.1) is 18.1 Å². The summed E-state index contributed by atoms with van der Waals surface area (Å²) in [6.07, 6.45) is 3.75. The van der Waals surface area contributed by atoms with Gasteiger partial charge in [0.25, 0.3) is 5.88 Å². The molecular formula is C19H12ClF2N5O2. The Kier molecular flexibility index (Phi) is 4.67. The molecule has 3 aromatic heterocycles. The molecule has 0 aliphatic rings. The summed E-state index contributed by atoms with van der Waals surface area (Å²) in [5.41, 5.74) is 1.49. The van der Waals surface area contributed by atoms with E-state index >= 15 is 0 Å². The van der Waals surface area contributed by atoms with Crippen LogP contribution in [0, 0.1) is 11.6 Å². The highest BCUT2D eigenvalue weighted by molar-refractivity contribution is 6.29. The fourth-order valence-electron chi connectivity index (χ4n) is 2.82. The van der Waals surface area contributed by atoms with Crippen molar-refractivity contribution in [2.24, 2.45) is 0 Å². The fraction of sp³-hybridized carbons (Fsp3) is 0.105. The van der Waals surface area contributed by atoms with Crippen molar-refractivity contribution in [3.8, 4) is 17.4 Å². The summed E-state index contributed by atoms with van der Waals surface area (Å²) in [7, 11) is 0. The van der Waals surface area contributed by atoms with Crippen LogP contribution in [0.1, 0.15) is 28.5 Å². The summed E-state index contributed by atoms with van der Waals surface area (Å²) in [6, 6.07) is 4.20. The first-order valence-electron chi connectivity index (χ1n) is 8.37. The lowest BCUT2D eigenvalue weighted by Crippen LogP contribution is -2.05. The molecule has 10 heteroatoms. The number of halogens is 3. The van der Waals surface area contributed by atoms with Gasteiger partial charge in [-0.15, -0.1) is 0 Å². The third-order valence-electron chi connectivity index (χ3n) is 4.29. The van der Waals surface area contributed by atoms with Gasteiger partial charge >= 0.3 is 0 Å². The first-order chi connectivity index (χ1) is 13.8. The lowest BCUT2D eigenvalue weighted by molar-refractivity contribution is 0.101. The van der Waals surface area contributed by atoms with Gasteiger partial charge in [-0.3, -0.25) is 9.20 Å². The highest BCUT2D eigenvalue weighted by Crippen LogP contribution is 2.24. The minimum atomic E-state index is -0.969. The lowest BCUT2D eigenvalue weighted by atomic mass is 10.0. The van der Waals surface area contributed by atoms with Crippen molar-refractivity contribution in [2.45, 2.75) is 13.3 Å². The molecular weight excluding hydrogens is 404 g/mol. The van der Waals surface area contributed by atoms with Gasteiger partial charge in [-0.1, -0.05) is 23.7 Å². The molecule has 146 valence electrons. The van der Waals surface area contributed by atoms with Crippen molar-refractivity contribution in [1.29, 1.82) is 0 Å². The van der Waals surface area contributed by atoms with Crippen molar-refractivity contribution >= 4 is 23.0 Å². The van der Waals surface area contributed by atoms with Crippen LogP contribution in [-0.4, -0.2) is 35.2 Å². The lowest BCUT2D eigenvalue weighted by Gasteiger charge is -2.09. The van der Waals surface area contributed by atoms with Crippen molar-refractivity contribution < 1.29 is 18.7 Å². The second-order valence-electron chi connectivity index (χ2n) is 6.25. The zero-order chi connectivity index (χ0) is 20.7. The van der Waals surface area contributed by atoms with E-state index in [2.05, 4.69) is 19.9 Å². The van der Waals surface area contributed by atoms with Crippen LogP contribution >= 0.6 is 11.6 Å². The van der Waals surface area contributed by atoms with Crippen LogP contribution in [0.2, 0.25) is 5.15 Å². The summed E-state index contributed by atoms with van der Waals surface area (Å²) >= 11 is 6.16. The molecule has 1 aromatic carbocycles. The highest BCUT2D eigenvalue weighted by Gasteiger charge is 2.17. The normalized spacial score (nSPS) is 11.2. The van der Waals surface area contributed by atoms with Gasteiger partial charge in [0.2, 0.25) is 5.82 Å². The monoisotopic (exact) mass is 415 g/mol. The smallest absolute Gasteiger partial charge is 0.251 e. The molecule has 29 heavy (non-hydrogen) atoms. The molecule has 0 radical (unpaired) electrons. The number of benzene rings is 1. The molecule has 0 unspecified atom stereocenters. The number of fused-ring (bicyclic) bond motifs is 1. The maximum Gasteiger partial charge on any atom is 0.251 e. The number of carbonyl (C=O) groups excluding carboxylic acids is 1. The van der Waals surface area contributed by atoms with Crippen LogP contribution in [0.3, 0.4) is 0 Å². The quantitative estimate of drug-likeness (QED) is 0.512. The van der Waals surface area contributed by atoms with Gasteiger partial charge in [-0.2, -0.15) is 9.37 Å². The molecule has 4 aromatic rings. The molecule has 0 fully saturated rings. The van der Waals surface area contributed by atoms with Crippen LogP contribution in [-0.2, 0) is 6.42 Å². The van der Waals surface area contributed by atoms with E-state index in [1.165, 1.54) is 41.9 Å². The predicted molar refractivity (Wildman–Crippen MR) is 99.9 cm³/mol. The van der Waals surface area contributed by atoms with E-state index in [4.69, 9.17) is 11.6 Å². The average Bonchev–Trinajstić information content (AvgIpc) is 3.06. The maximum atomic E-state index is 14.5. The SMILES string of the molecule is CC(=O)c1ccc(Cc2nc(-c3ncc(F)c(O)n3)cn3c(Cl)cnc23)c(F)c1. The summed E-state index contributed by atoms with van der Waals surface area (Å²) in [6.45, 7) is 1.35. The van der Waals surface area contributed by atoms with Crippen LogP contribution in [0.4, 0.5) is 8.78 Å². The minimum absolute atomic E-state index is 0.0378. The molecule has 0 bridgehead atoms. The Hall–Kier alpha value is -3.46. The average molecular weight is 416 g/mol. The van der Waals surface area contributed by atoms with E-state index in [0.29, 0.717) is 16.9 Å². The van der Waals surface area contributed by atoms with E-state index in [-0.39, 0.29) is 34.4 Å². The predicted octanol–water partition coefficient (Wildman–Crippen LogP) is 3.62. The van der Waals surface area contributed by atoms with Gasteiger partial charge < -0.3 is 5.11 Å². The Bertz CT molecular complexity index is 1280. The molecule has 0 atom stereocenters. The largest absolute Gasteiger partial charge is 0.491 e. The molecule has 0 aliphatic heterocycles. The number of aromatic hydroxyl groups is 1. The molecule has 7 nitrogen and oxygen atoms in total. The number of rotatable bonds is 4. The van der Waals surface area contributed by atoms with Gasteiger partial charge in [0.1, 0.15) is 16.7 Å². The number of Topliss-reactive ketones (excluding diaryl/α,β-unsaturated/α-hetero) is 1. The van der Waals surface area contributed by atoms with Crippen molar-refractivity contribution in [2.75, 3.05) is 0 Å². The van der Waals surface area contributed by atoms with E-state index in [9.17, 15) is 18.7 Å². The zero-order valence-electron chi connectivity index (χ0n) is 14.9. The summed E-state index contributed by atoms with van der Waals surface area (Å²) in [5.74, 6) is -2.63. The van der Waals surface area contributed by atoms with Crippen molar-refractivity contribution in [3.05, 3.63) is 70.4 Å². The highest BCUT2D eigenvalue weighted by atomic mass is 35.5. The Morgan fingerprint density at radius 2 is 1.97 bits per heavy atom. The number of imidazole rings is 1. The van der Waals surface area contributed by atoms with Gasteiger partial charge in [0, 0.05) is 18.2 Å². The van der Waals surface area contributed by atoms with Crippen molar-refractivity contribution in [3.63, 3.8) is 0 Å². The Labute approximate surface area is 167 Å². The van der Waals surface area contributed by atoms with E-state index in [0.717, 1.165) is 6.20 Å². The maximum absolute atomic E-state index is 14.5. The van der Waals surface area contributed by atoms with E-state index in [1.807, 2.05) is 0 Å². The molecule has 0 amide bonds. The minimum Gasteiger partial charge on any atom is -0.491 e. The summed E-state index contributed by atoms with van der Waals surface area (Å²) in [4.78, 5) is 27.6. The molecule has 0 saturated carbocycles.